The van der Waals surface area contributed by atoms with Crippen LogP contribution in [0, 0.1) is 0 Å². The summed E-state index contributed by atoms with van der Waals surface area (Å²) >= 11 is 0. The fraction of sp³-hybridized carbons (Fsp3) is 0.0182. The molecule has 9 aromatic rings. The molecule has 0 aromatic heterocycles. The molecule has 0 saturated heterocycles. The van der Waals surface area contributed by atoms with Crippen molar-refractivity contribution in [3.05, 3.63) is 235 Å². The Labute approximate surface area is 332 Å². The van der Waals surface area contributed by atoms with E-state index in [1.165, 1.54) is 55.6 Å². The lowest BCUT2D eigenvalue weighted by Crippen LogP contribution is -2.29. The van der Waals surface area contributed by atoms with Gasteiger partial charge in [-0.3, -0.25) is 0 Å². The van der Waals surface area contributed by atoms with Gasteiger partial charge in [-0.05, 0) is 104 Å². The lowest BCUT2D eigenvalue weighted by Gasteiger charge is -2.35. The molecule has 0 radical (unpaired) electrons. The van der Waals surface area contributed by atoms with Gasteiger partial charge in [0.2, 0.25) is 0 Å². The largest absolute Gasteiger partial charge is 0.456 e. The summed E-state index contributed by atoms with van der Waals surface area (Å²) < 4.78 is 6.60. The Bertz CT molecular complexity index is 3000. The van der Waals surface area contributed by atoms with Crippen LogP contribution in [0.5, 0.6) is 11.5 Å². The Kier molecular flexibility index (Phi) is 6.88. The molecule has 12 rings (SSSR count). The molecule has 2 heteroatoms. The Balaban J connectivity index is 1.17. The molecule has 0 atom stereocenters. The molecular formula is C55H35NO. The number of fused-ring (bicyclic) bond motifs is 17. The Morgan fingerprint density at radius 3 is 1.39 bits per heavy atom. The van der Waals surface area contributed by atoms with Gasteiger partial charge in [-0.15, -0.1) is 0 Å². The molecule has 0 fully saturated rings. The van der Waals surface area contributed by atoms with Gasteiger partial charge in [-0.25, -0.2) is 0 Å². The highest BCUT2D eigenvalue weighted by molar-refractivity contribution is 6.02. The smallest absolute Gasteiger partial charge is 0.135 e. The van der Waals surface area contributed by atoms with E-state index < -0.39 is 5.41 Å². The molecular weight excluding hydrogens is 691 g/mol. The number of rotatable bonds is 3. The van der Waals surface area contributed by atoms with Crippen molar-refractivity contribution in [1.29, 1.82) is 0 Å². The minimum absolute atomic E-state index is 0.565. The van der Waals surface area contributed by atoms with Gasteiger partial charge in [0.15, 0.2) is 0 Å². The third kappa shape index (κ3) is 4.47. The van der Waals surface area contributed by atoms with Crippen molar-refractivity contribution < 1.29 is 4.74 Å². The van der Waals surface area contributed by atoms with Crippen LogP contribution in [-0.4, -0.2) is 0 Å². The molecule has 3 aliphatic rings. The number of nitrogens with zero attached hydrogens (tertiary/aromatic N) is 1. The van der Waals surface area contributed by atoms with Gasteiger partial charge >= 0.3 is 0 Å². The van der Waals surface area contributed by atoms with Crippen molar-refractivity contribution in [3.63, 3.8) is 0 Å². The number of hydrogen-bond acceptors (Lipinski definition) is 2. The third-order valence-electron chi connectivity index (χ3n) is 12.3. The second-order valence-corrected chi connectivity index (χ2v) is 15.1. The molecule has 266 valence electrons. The monoisotopic (exact) mass is 725 g/mol. The van der Waals surface area contributed by atoms with E-state index in [1.807, 2.05) is 6.07 Å². The number of ether oxygens (including phenoxy) is 1. The zero-order valence-corrected chi connectivity index (χ0v) is 31.1. The topological polar surface area (TPSA) is 12.5 Å². The fourth-order valence-electron chi connectivity index (χ4n) is 10.1. The van der Waals surface area contributed by atoms with E-state index in [2.05, 4.69) is 211 Å². The first-order valence-corrected chi connectivity index (χ1v) is 19.7. The quantitative estimate of drug-likeness (QED) is 0.180. The summed E-state index contributed by atoms with van der Waals surface area (Å²) in [5, 5.41) is 0. The van der Waals surface area contributed by atoms with Gasteiger partial charge in [0.05, 0.1) is 11.1 Å². The standard InChI is InChI=1S/C55H35NO/c1-2-17-36(18-3-1)56(37-33-34-40-43-23-9-14-31-52(43)57-53-32-15-10-24-44(53)46(40)35-37)51-30-16-29-50-54(51)45-25-8-13-28-49(45)55(50)47-26-11-6-21-41(47)38-19-4-5-20-39(38)42-22-7-12-27-48(42)55/h1-35H. The van der Waals surface area contributed by atoms with Crippen molar-refractivity contribution >= 4 is 17.1 Å². The van der Waals surface area contributed by atoms with Crippen molar-refractivity contribution in [2.24, 2.45) is 0 Å². The molecule has 0 unspecified atom stereocenters. The second-order valence-electron chi connectivity index (χ2n) is 15.1. The van der Waals surface area contributed by atoms with Crippen LogP contribution in [0.3, 0.4) is 0 Å². The molecule has 9 aromatic carbocycles. The average molecular weight is 726 g/mol. The van der Waals surface area contributed by atoms with E-state index in [4.69, 9.17) is 4.74 Å². The molecule has 1 spiro atoms. The second kappa shape index (κ2) is 12.3. The predicted octanol–water partition coefficient (Wildman–Crippen LogP) is 14.6. The highest BCUT2D eigenvalue weighted by atomic mass is 16.5. The highest BCUT2D eigenvalue weighted by Gasteiger charge is 2.50. The molecule has 0 saturated carbocycles. The summed E-state index contributed by atoms with van der Waals surface area (Å²) in [5.74, 6) is 1.72. The number of anilines is 3. The lowest BCUT2D eigenvalue weighted by molar-refractivity contribution is 0.488. The molecule has 2 aliphatic carbocycles. The molecule has 0 amide bonds. The van der Waals surface area contributed by atoms with E-state index in [-0.39, 0.29) is 0 Å². The predicted molar refractivity (Wildman–Crippen MR) is 234 cm³/mol. The van der Waals surface area contributed by atoms with Gasteiger partial charge in [0, 0.05) is 28.1 Å². The SMILES string of the molecule is c1ccc(N(c2ccc3c(c2)-c2ccccc2Oc2ccccc2-3)c2cccc3c2-c2ccccc2C32c3ccccc3-c3ccccc3-c3ccccc32)cc1. The number of benzene rings is 9. The minimum Gasteiger partial charge on any atom is -0.456 e. The van der Waals surface area contributed by atoms with Crippen molar-refractivity contribution in [3.8, 4) is 67.1 Å². The molecule has 0 N–H and O–H groups in total. The first-order chi connectivity index (χ1) is 28.3. The van der Waals surface area contributed by atoms with Gasteiger partial charge in [0.25, 0.3) is 0 Å². The molecule has 2 nitrogen and oxygen atoms in total. The summed E-state index contributed by atoms with van der Waals surface area (Å²) in [5.41, 5.74) is 20.0. The zero-order chi connectivity index (χ0) is 37.5. The van der Waals surface area contributed by atoms with Crippen molar-refractivity contribution in [1.82, 2.24) is 0 Å². The van der Waals surface area contributed by atoms with Crippen LogP contribution in [0.4, 0.5) is 17.1 Å². The maximum absolute atomic E-state index is 6.60. The van der Waals surface area contributed by atoms with Crippen LogP contribution >= 0.6 is 0 Å². The summed E-state index contributed by atoms with van der Waals surface area (Å²) in [7, 11) is 0. The van der Waals surface area contributed by atoms with Crippen molar-refractivity contribution in [2.75, 3.05) is 4.90 Å². The maximum Gasteiger partial charge on any atom is 0.135 e. The Morgan fingerprint density at radius 1 is 0.298 bits per heavy atom. The summed E-state index contributed by atoms with van der Waals surface area (Å²) in [6.07, 6.45) is 0. The summed E-state index contributed by atoms with van der Waals surface area (Å²) in [6.45, 7) is 0. The third-order valence-corrected chi connectivity index (χ3v) is 12.3. The highest BCUT2D eigenvalue weighted by Crippen LogP contribution is 2.63. The van der Waals surface area contributed by atoms with E-state index in [1.54, 1.807) is 0 Å². The number of hydrogen-bond donors (Lipinski definition) is 0. The lowest BCUT2D eigenvalue weighted by atomic mass is 9.66. The van der Waals surface area contributed by atoms with Crippen molar-refractivity contribution in [2.45, 2.75) is 5.41 Å². The van der Waals surface area contributed by atoms with Crippen LogP contribution in [-0.2, 0) is 5.41 Å². The average Bonchev–Trinajstić information content (AvgIpc) is 3.43. The minimum atomic E-state index is -0.565. The van der Waals surface area contributed by atoms with E-state index in [0.29, 0.717) is 0 Å². The summed E-state index contributed by atoms with van der Waals surface area (Å²) in [4.78, 5) is 2.46. The van der Waals surface area contributed by atoms with E-state index in [9.17, 15) is 0 Å². The van der Waals surface area contributed by atoms with Crippen LogP contribution in [0.1, 0.15) is 22.3 Å². The van der Waals surface area contributed by atoms with Gasteiger partial charge in [0.1, 0.15) is 11.5 Å². The Hall–Kier alpha value is -7.42. The van der Waals surface area contributed by atoms with Crippen LogP contribution in [0.25, 0.3) is 55.6 Å². The molecule has 57 heavy (non-hydrogen) atoms. The van der Waals surface area contributed by atoms with Crippen LogP contribution in [0.2, 0.25) is 0 Å². The molecule has 1 aliphatic heterocycles. The number of para-hydroxylation sites is 3. The van der Waals surface area contributed by atoms with Gasteiger partial charge < -0.3 is 9.64 Å². The fourth-order valence-corrected chi connectivity index (χ4v) is 10.1. The van der Waals surface area contributed by atoms with E-state index >= 15 is 0 Å². The first kappa shape index (κ1) is 31.9. The molecule has 0 bridgehead atoms. The first-order valence-electron chi connectivity index (χ1n) is 19.7. The maximum atomic E-state index is 6.60. The zero-order valence-electron chi connectivity index (χ0n) is 31.1. The van der Waals surface area contributed by atoms with Gasteiger partial charge in [-0.2, -0.15) is 0 Å². The Morgan fingerprint density at radius 2 is 0.754 bits per heavy atom. The normalized spacial score (nSPS) is 13.2. The van der Waals surface area contributed by atoms with Crippen LogP contribution < -0.4 is 9.64 Å². The van der Waals surface area contributed by atoms with Crippen LogP contribution in [0.15, 0.2) is 212 Å². The summed E-state index contributed by atoms with van der Waals surface area (Å²) in [6, 6.07) is 77.7. The van der Waals surface area contributed by atoms with Gasteiger partial charge in [-0.1, -0.05) is 170 Å². The molecule has 1 heterocycles. The van der Waals surface area contributed by atoms with E-state index in [0.717, 1.165) is 50.8 Å².